The van der Waals surface area contributed by atoms with Gasteiger partial charge in [0, 0.05) is 6.54 Å². The van der Waals surface area contributed by atoms with Crippen molar-refractivity contribution in [1.29, 1.82) is 0 Å². The highest BCUT2D eigenvalue weighted by Gasteiger charge is 2.22. The first kappa shape index (κ1) is 12.2. The molecular weight excluding hydrogens is 162 g/mol. The number of hydrogen-bond donors (Lipinski definition) is 1. The van der Waals surface area contributed by atoms with E-state index in [2.05, 4.69) is 33.0 Å². The smallest absolute Gasteiger partial charge is 0.243 e. The molecule has 1 amide bonds. The lowest BCUT2D eigenvalue weighted by atomic mass is 9.81. The summed E-state index contributed by atoms with van der Waals surface area (Å²) in [5, 5.41) is 2.88. The summed E-state index contributed by atoms with van der Waals surface area (Å²) >= 11 is 0. The molecule has 0 unspecified atom stereocenters. The van der Waals surface area contributed by atoms with Crippen LogP contribution in [0.25, 0.3) is 0 Å². The van der Waals surface area contributed by atoms with Gasteiger partial charge >= 0.3 is 0 Å². The molecule has 1 N–H and O–H groups in total. The van der Waals surface area contributed by atoms with Crippen molar-refractivity contribution in [3.63, 3.8) is 0 Å². The van der Waals surface area contributed by atoms with Gasteiger partial charge in [0.15, 0.2) is 0 Å². The van der Waals surface area contributed by atoms with Gasteiger partial charge < -0.3 is 5.32 Å². The minimum absolute atomic E-state index is 0.00350. The van der Waals surface area contributed by atoms with Crippen molar-refractivity contribution in [2.75, 3.05) is 6.54 Å². The summed E-state index contributed by atoms with van der Waals surface area (Å²) in [7, 11) is 0. The van der Waals surface area contributed by atoms with E-state index >= 15 is 0 Å². The first-order chi connectivity index (χ1) is 5.90. The first-order valence-electron chi connectivity index (χ1n) is 4.80. The molecule has 0 atom stereocenters. The predicted octanol–water partition coefficient (Wildman–Crippen LogP) is 2.36. The highest BCUT2D eigenvalue weighted by Crippen LogP contribution is 2.24. The zero-order valence-electron chi connectivity index (χ0n) is 9.35. The molecule has 0 radical (unpaired) electrons. The van der Waals surface area contributed by atoms with Gasteiger partial charge in [-0.25, -0.2) is 0 Å². The summed E-state index contributed by atoms with van der Waals surface area (Å²) < 4.78 is 0. The second-order valence-electron chi connectivity index (χ2n) is 4.36. The number of nitrogens with one attached hydrogen (secondary N) is 1. The zero-order valence-corrected chi connectivity index (χ0v) is 9.35. The summed E-state index contributed by atoms with van der Waals surface area (Å²) in [6.45, 7) is 11.2. The Morgan fingerprint density at radius 1 is 1.46 bits per heavy atom. The van der Waals surface area contributed by atoms with Crippen LogP contribution in [-0.4, -0.2) is 12.5 Å². The van der Waals surface area contributed by atoms with E-state index < -0.39 is 0 Å². The summed E-state index contributed by atoms with van der Waals surface area (Å²) in [4.78, 5) is 11.1. The molecule has 0 aliphatic carbocycles. The fraction of sp³-hybridized carbons (Fsp3) is 0.727. The summed E-state index contributed by atoms with van der Waals surface area (Å²) in [5.74, 6) is 0.564. The highest BCUT2D eigenvalue weighted by atomic mass is 16.1. The maximum absolute atomic E-state index is 11.1. The number of amides is 1. The van der Waals surface area contributed by atoms with Crippen molar-refractivity contribution >= 4 is 5.91 Å². The van der Waals surface area contributed by atoms with E-state index in [0.29, 0.717) is 5.92 Å². The average Bonchev–Trinajstić information content (AvgIpc) is 2.01. The van der Waals surface area contributed by atoms with Gasteiger partial charge in [-0.1, -0.05) is 33.8 Å². The van der Waals surface area contributed by atoms with Crippen molar-refractivity contribution in [3.8, 4) is 0 Å². The molecule has 2 heteroatoms. The predicted molar refractivity (Wildman–Crippen MR) is 56.4 cm³/mol. The Morgan fingerprint density at radius 3 is 2.38 bits per heavy atom. The fourth-order valence-corrected chi connectivity index (χ4v) is 0.729. The van der Waals surface area contributed by atoms with Crippen LogP contribution in [0.4, 0.5) is 0 Å². The Bertz CT molecular complexity index is 192. The zero-order chi connectivity index (χ0) is 10.5. The van der Waals surface area contributed by atoms with E-state index in [-0.39, 0.29) is 11.3 Å². The van der Waals surface area contributed by atoms with Gasteiger partial charge in [-0.15, -0.1) is 0 Å². The summed E-state index contributed by atoms with van der Waals surface area (Å²) in [6.07, 6.45) is 3.30. The molecule has 0 saturated carbocycles. The van der Waals surface area contributed by atoms with Crippen molar-refractivity contribution in [2.45, 2.75) is 34.6 Å². The maximum Gasteiger partial charge on any atom is 0.243 e. The molecule has 0 aliphatic rings. The van der Waals surface area contributed by atoms with Gasteiger partial charge in [0.25, 0.3) is 0 Å². The molecule has 0 fully saturated rings. The Kier molecular flexibility index (Phi) is 4.74. The summed E-state index contributed by atoms with van der Waals surface area (Å²) in [6, 6.07) is 0. The molecule has 0 aliphatic heterocycles. The monoisotopic (exact) mass is 183 g/mol. The molecule has 13 heavy (non-hydrogen) atoms. The van der Waals surface area contributed by atoms with Crippen LogP contribution in [0.2, 0.25) is 0 Å². The lowest BCUT2D eigenvalue weighted by molar-refractivity contribution is -0.117. The van der Waals surface area contributed by atoms with Gasteiger partial charge in [0.05, 0.1) is 0 Å². The lowest BCUT2D eigenvalue weighted by Crippen LogP contribution is -2.36. The van der Waals surface area contributed by atoms with Crippen LogP contribution in [0, 0.1) is 11.3 Å². The number of allylic oxidation sites excluding steroid dienone is 1. The van der Waals surface area contributed by atoms with Crippen molar-refractivity contribution < 1.29 is 4.79 Å². The summed E-state index contributed by atoms with van der Waals surface area (Å²) in [5.41, 5.74) is 0.164. The largest absolute Gasteiger partial charge is 0.352 e. The van der Waals surface area contributed by atoms with Crippen LogP contribution in [0.15, 0.2) is 12.2 Å². The molecule has 0 heterocycles. The SMILES string of the molecule is C/C=C/C(=O)NCC(C)(C)C(C)C. The fourth-order valence-electron chi connectivity index (χ4n) is 0.729. The minimum atomic E-state index is -0.00350. The normalized spacial score (nSPS) is 12.5. The van der Waals surface area contributed by atoms with Gasteiger partial charge in [-0.2, -0.15) is 0 Å². The highest BCUT2D eigenvalue weighted by molar-refractivity contribution is 5.87. The first-order valence-corrected chi connectivity index (χ1v) is 4.80. The number of carbonyl (C=O) groups excluding carboxylic acids is 1. The van der Waals surface area contributed by atoms with E-state index in [1.807, 2.05) is 6.92 Å². The Balaban J connectivity index is 3.95. The second kappa shape index (κ2) is 5.05. The molecule has 0 bridgehead atoms. The van der Waals surface area contributed by atoms with E-state index in [0.717, 1.165) is 6.54 Å². The minimum Gasteiger partial charge on any atom is -0.352 e. The van der Waals surface area contributed by atoms with E-state index in [9.17, 15) is 4.79 Å². The third kappa shape index (κ3) is 4.71. The number of hydrogen-bond acceptors (Lipinski definition) is 1. The van der Waals surface area contributed by atoms with Crippen LogP contribution in [0.5, 0.6) is 0 Å². The molecule has 76 valence electrons. The third-order valence-electron chi connectivity index (χ3n) is 2.60. The molecule has 0 spiro atoms. The van der Waals surface area contributed by atoms with Crippen molar-refractivity contribution in [1.82, 2.24) is 5.32 Å². The van der Waals surface area contributed by atoms with Gasteiger partial charge in [-0.05, 0) is 24.3 Å². The standard InChI is InChI=1S/C11H21NO/c1-6-7-10(13)12-8-11(4,5)9(2)3/h6-7,9H,8H2,1-5H3,(H,12,13)/b7-6+. The lowest BCUT2D eigenvalue weighted by Gasteiger charge is -2.29. The molecule has 0 saturated heterocycles. The topological polar surface area (TPSA) is 29.1 Å². The van der Waals surface area contributed by atoms with E-state index in [1.54, 1.807) is 12.2 Å². The van der Waals surface area contributed by atoms with Crippen molar-refractivity contribution in [3.05, 3.63) is 12.2 Å². The Morgan fingerprint density at radius 2 is 2.00 bits per heavy atom. The average molecular weight is 183 g/mol. The van der Waals surface area contributed by atoms with Crippen LogP contribution in [0.1, 0.15) is 34.6 Å². The second-order valence-corrected chi connectivity index (χ2v) is 4.36. The van der Waals surface area contributed by atoms with Crippen LogP contribution in [0.3, 0.4) is 0 Å². The molecule has 0 rings (SSSR count). The maximum atomic E-state index is 11.1. The van der Waals surface area contributed by atoms with E-state index in [1.165, 1.54) is 0 Å². The van der Waals surface area contributed by atoms with Gasteiger partial charge in [-0.3, -0.25) is 4.79 Å². The molecular formula is C11H21NO. The molecule has 2 nitrogen and oxygen atoms in total. The quantitative estimate of drug-likeness (QED) is 0.666. The van der Waals surface area contributed by atoms with Crippen LogP contribution >= 0.6 is 0 Å². The van der Waals surface area contributed by atoms with E-state index in [4.69, 9.17) is 0 Å². The Hall–Kier alpha value is -0.790. The van der Waals surface area contributed by atoms with Crippen LogP contribution in [-0.2, 0) is 4.79 Å². The molecule has 0 aromatic rings. The molecule has 0 aromatic carbocycles. The number of carbonyl (C=O) groups is 1. The van der Waals surface area contributed by atoms with Gasteiger partial charge in [0.2, 0.25) is 5.91 Å². The third-order valence-corrected chi connectivity index (χ3v) is 2.60. The van der Waals surface area contributed by atoms with Gasteiger partial charge in [0.1, 0.15) is 0 Å². The Labute approximate surface area is 81.4 Å². The molecule has 0 aromatic heterocycles. The van der Waals surface area contributed by atoms with Crippen LogP contribution < -0.4 is 5.32 Å². The number of rotatable bonds is 4. The van der Waals surface area contributed by atoms with Crippen molar-refractivity contribution in [2.24, 2.45) is 11.3 Å².